The topological polar surface area (TPSA) is 37.8 Å². The number of hydrogen-bond acceptors (Lipinski definition) is 4. The molecule has 0 aliphatic carbocycles. The molecule has 3 nitrogen and oxygen atoms in total. The lowest BCUT2D eigenvalue weighted by molar-refractivity contribution is 0.662. The van der Waals surface area contributed by atoms with Crippen LogP contribution in [0.15, 0.2) is 17.4 Å². The van der Waals surface area contributed by atoms with E-state index in [1.807, 2.05) is 6.07 Å². The van der Waals surface area contributed by atoms with Crippen molar-refractivity contribution < 1.29 is 0 Å². The van der Waals surface area contributed by atoms with Gasteiger partial charge in [0.2, 0.25) is 0 Å². The molecule has 0 radical (unpaired) electrons. The van der Waals surface area contributed by atoms with Gasteiger partial charge in [0.15, 0.2) is 0 Å². The van der Waals surface area contributed by atoms with Crippen LogP contribution >= 0.6 is 35.8 Å². The molecule has 0 amide bonds. The van der Waals surface area contributed by atoms with E-state index >= 15 is 0 Å². The Morgan fingerprint density at radius 3 is 3.07 bits per heavy atom. The first-order chi connectivity index (χ1) is 6.84. The monoisotopic (exact) mass is 265 g/mol. The van der Waals surface area contributed by atoms with Crippen LogP contribution in [0.4, 0.5) is 0 Å². The second kappa shape index (κ2) is 6.53. The van der Waals surface area contributed by atoms with Gasteiger partial charge in [0.25, 0.3) is 0 Å². The molecule has 1 unspecified atom stereocenters. The molecular formula is C9H13Cl2N3S. The maximum atomic E-state index is 5.76. The maximum Gasteiger partial charge on any atom is 0.133 e. The average Bonchev–Trinajstić information content (AvgIpc) is 2.67. The molecule has 15 heavy (non-hydrogen) atoms. The predicted octanol–water partition coefficient (Wildman–Crippen LogP) is 2.25. The minimum absolute atomic E-state index is 0. The number of halogens is 2. The first-order valence-corrected chi connectivity index (χ1v) is 6.02. The summed E-state index contributed by atoms with van der Waals surface area (Å²) in [5, 5.41) is 4.84. The summed E-state index contributed by atoms with van der Waals surface area (Å²) in [6, 6.07) is 1.81. The van der Waals surface area contributed by atoms with Gasteiger partial charge in [0, 0.05) is 11.8 Å². The Balaban J connectivity index is 0.00000112. The summed E-state index contributed by atoms with van der Waals surface area (Å²) in [5.74, 6) is 1.88. The second-order valence-corrected chi connectivity index (χ2v) is 4.78. The van der Waals surface area contributed by atoms with Crippen molar-refractivity contribution in [3.8, 4) is 0 Å². The van der Waals surface area contributed by atoms with Crippen LogP contribution in [0.3, 0.4) is 0 Å². The van der Waals surface area contributed by atoms with Crippen molar-refractivity contribution in [1.29, 1.82) is 0 Å². The summed E-state index contributed by atoms with van der Waals surface area (Å²) in [7, 11) is 0. The van der Waals surface area contributed by atoms with Crippen LogP contribution in [0, 0.1) is 5.92 Å². The summed E-state index contributed by atoms with van der Waals surface area (Å²) in [5.41, 5.74) is 0. The molecule has 0 spiro atoms. The van der Waals surface area contributed by atoms with Crippen LogP contribution in [0.2, 0.25) is 5.15 Å². The number of aromatic nitrogens is 2. The van der Waals surface area contributed by atoms with Gasteiger partial charge >= 0.3 is 0 Å². The van der Waals surface area contributed by atoms with E-state index in [0.717, 1.165) is 29.8 Å². The van der Waals surface area contributed by atoms with E-state index < -0.39 is 0 Å². The summed E-state index contributed by atoms with van der Waals surface area (Å²) in [6.45, 7) is 2.28. The Morgan fingerprint density at radius 1 is 1.53 bits per heavy atom. The van der Waals surface area contributed by atoms with Crippen molar-refractivity contribution in [3.05, 3.63) is 17.5 Å². The summed E-state index contributed by atoms with van der Waals surface area (Å²) >= 11 is 7.52. The van der Waals surface area contributed by atoms with Crippen LogP contribution in [0.1, 0.15) is 6.42 Å². The number of hydrogen-bond donors (Lipinski definition) is 1. The number of rotatable bonds is 3. The fourth-order valence-electron chi connectivity index (χ4n) is 1.46. The Bertz CT molecular complexity index is 305. The van der Waals surface area contributed by atoms with Gasteiger partial charge in [-0.2, -0.15) is 0 Å². The van der Waals surface area contributed by atoms with E-state index in [0.29, 0.717) is 5.15 Å². The van der Waals surface area contributed by atoms with Crippen LogP contribution in [-0.4, -0.2) is 28.8 Å². The van der Waals surface area contributed by atoms with E-state index in [1.54, 1.807) is 11.8 Å². The van der Waals surface area contributed by atoms with Gasteiger partial charge in [-0.3, -0.25) is 0 Å². The molecule has 1 N–H and O–H groups in total. The molecule has 0 aromatic carbocycles. The van der Waals surface area contributed by atoms with Crippen molar-refractivity contribution in [2.24, 2.45) is 5.92 Å². The predicted molar refractivity (Wildman–Crippen MR) is 66.0 cm³/mol. The largest absolute Gasteiger partial charge is 0.316 e. The molecule has 1 aromatic rings. The SMILES string of the molecule is Cl.Clc1cc(SCC2CCNC2)ncn1. The van der Waals surface area contributed by atoms with Crippen molar-refractivity contribution in [1.82, 2.24) is 15.3 Å². The Labute approximate surface area is 105 Å². The van der Waals surface area contributed by atoms with E-state index in [1.165, 1.54) is 12.7 Å². The van der Waals surface area contributed by atoms with Crippen LogP contribution in [0.5, 0.6) is 0 Å². The molecule has 0 saturated carbocycles. The molecule has 1 aliphatic rings. The highest BCUT2D eigenvalue weighted by Gasteiger charge is 2.14. The molecule has 6 heteroatoms. The Morgan fingerprint density at radius 2 is 2.40 bits per heavy atom. The van der Waals surface area contributed by atoms with E-state index in [9.17, 15) is 0 Å². The van der Waals surface area contributed by atoms with Crippen molar-refractivity contribution >= 4 is 35.8 Å². The smallest absolute Gasteiger partial charge is 0.133 e. The van der Waals surface area contributed by atoms with E-state index in [-0.39, 0.29) is 12.4 Å². The van der Waals surface area contributed by atoms with Gasteiger partial charge in [0.05, 0.1) is 0 Å². The van der Waals surface area contributed by atoms with Crippen LogP contribution < -0.4 is 5.32 Å². The highest BCUT2D eigenvalue weighted by molar-refractivity contribution is 7.99. The normalized spacial score (nSPS) is 19.9. The first-order valence-electron chi connectivity index (χ1n) is 4.65. The van der Waals surface area contributed by atoms with Crippen LogP contribution in [0.25, 0.3) is 0 Å². The summed E-state index contributed by atoms with van der Waals surface area (Å²) < 4.78 is 0. The van der Waals surface area contributed by atoms with E-state index in [4.69, 9.17) is 11.6 Å². The van der Waals surface area contributed by atoms with Gasteiger partial charge in [-0.25, -0.2) is 9.97 Å². The molecule has 84 valence electrons. The highest BCUT2D eigenvalue weighted by atomic mass is 35.5. The quantitative estimate of drug-likeness (QED) is 0.672. The summed E-state index contributed by atoms with van der Waals surface area (Å²) in [6.07, 6.45) is 2.78. The first kappa shape index (κ1) is 13.0. The molecule has 2 rings (SSSR count). The lowest BCUT2D eigenvalue weighted by Crippen LogP contribution is -2.10. The zero-order valence-electron chi connectivity index (χ0n) is 8.15. The fourth-order valence-corrected chi connectivity index (χ4v) is 2.68. The van der Waals surface area contributed by atoms with Crippen molar-refractivity contribution in [3.63, 3.8) is 0 Å². The Kier molecular flexibility index (Phi) is 5.68. The third-order valence-electron chi connectivity index (χ3n) is 2.24. The molecule has 1 fully saturated rings. The number of thioether (sulfide) groups is 1. The van der Waals surface area contributed by atoms with E-state index in [2.05, 4.69) is 15.3 Å². The molecule has 1 aromatic heterocycles. The third-order valence-corrected chi connectivity index (χ3v) is 3.60. The highest BCUT2D eigenvalue weighted by Crippen LogP contribution is 2.22. The summed E-state index contributed by atoms with van der Waals surface area (Å²) in [4.78, 5) is 8.00. The average molecular weight is 266 g/mol. The van der Waals surface area contributed by atoms with Gasteiger partial charge in [-0.15, -0.1) is 24.2 Å². The molecule has 0 bridgehead atoms. The second-order valence-electron chi connectivity index (χ2n) is 3.35. The van der Waals surface area contributed by atoms with Gasteiger partial charge in [-0.1, -0.05) is 11.6 Å². The standard InChI is InChI=1S/C9H12ClN3S.ClH/c10-8-3-9(13-6-12-8)14-5-7-1-2-11-4-7;/h3,6-7,11H,1-2,4-5H2;1H. The minimum atomic E-state index is 0. The minimum Gasteiger partial charge on any atom is -0.316 e. The van der Waals surface area contributed by atoms with Gasteiger partial charge in [-0.05, 0) is 25.4 Å². The van der Waals surface area contributed by atoms with Gasteiger partial charge in [0.1, 0.15) is 16.5 Å². The number of nitrogens with zero attached hydrogens (tertiary/aromatic N) is 2. The fraction of sp³-hybridized carbons (Fsp3) is 0.556. The molecule has 1 aliphatic heterocycles. The maximum absolute atomic E-state index is 5.76. The molecule has 1 saturated heterocycles. The van der Waals surface area contributed by atoms with Crippen LogP contribution in [-0.2, 0) is 0 Å². The van der Waals surface area contributed by atoms with Crippen molar-refractivity contribution in [2.75, 3.05) is 18.8 Å². The van der Waals surface area contributed by atoms with Gasteiger partial charge < -0.3 is 5.32 Å². The zero-order chi connectivity index (χ0) is 9.80. The lowest BCUT2D eigenvalue weighted by atomic mass is 10.2. The zero-order valence-corrected chi connectivity index (χ0v) is 10.5. The molecular weight excluding hydrogens is 253 g/mol. The Hall–Kier alpha value is -0.0300. The van der Waals surface area contributed by atoms with Crippen molar-refractivity contribution in [2.45, 2.75) is 11.4 Å². The third kappa shape index (κ3) is 4.15. The lowest BCUT2D eigenvalue weighted by Gasteiger charge is -2.06. The molecule has 2 heterocycles. The molecule has 1 atom stereocenters. The number of nitrogens with one attached hydrogen (secondary N) is 1.